The molecule has 0 amide bonds. The molecule has 1 aromatic heterocycles. The smallest absolute Gasteiger partial charge is 0.125 e. The van der Waals surface area contributed by atoms with Crippen LogP contribution in [-0.2, 0) is 0 Å². The zero-order valence-electron chi connectivity index (χ0n) is 10.0. The van der Waals surface area contributed by atoms with Crippen molar-refractivity contribution in [2.75, 3.05) is 0 Å². The van der Waals surface area contributed by atoms with E-state index in [0.29, 0.717) is 0 Å². The molecule has 0 saturated heterocycles. The number of rotatable bonds is 3. The van der Waals surface area contributed by atoms with Crippen LogP contribution in [0, 0.1) is 12.8 Å². The molecule has 0 spiro atoms. The molecule has 2 rings (SSSR count). The predicted molar refractivity (Wildman–Crippen MR) is 64.9 cm³/mol. The maximum absolute atomic E-state index is 6.20. The average Bonchev–Trinajstić information content (AvgIpc) is 2.30. The summed E-state index contributed by atoms with van der Waals surface area (Å²) in [5.41, 5.74) is 7.20. The molecule has 0 radical (unpaired) electrons. The highest BCUT2D eigenvalue weighted by atomic mass is 14.9. The van der Waals surface area contributed by atoms with Gasteiger partial charge in [-0.05, 0) is 25.3 Å². The number of hydrogen-bond donors (Lipinski definition) is 1. The van der Waals surface area contributed by atoms with Gasteiger partial charge in [0, 0.05) is 12.2 Å². The number of aryl methyl sites for hydroxylation is 1. The number of nitrogens with zero attached hydrogens (tertiary/aromatic N) is 2. The van der Waals surface area contributed by atoms with Gasteiger partial charge in [0.15, 0.2) is 0 Å². The summed E-state index contributed by atoms with van der Waals surface area (Å²) in [6.07, 6.45) is 9.73. The third-order valence-corrected chi connectivity index (χ3v) is 3.49. The van der Waals surface area contributed by atoms with Crippen LogP contribution in [0.15, 0.2) is 12.3 Å². The molecular formula is C13H21N3. The predicted octanol–water partition coefficient (Wildman–Crippen LogP) is 2.76. The first-order valence-electron chi connectivity index (χ1n) is 6.31. The number of aromatic nitrogens is 2. The van der Waals surface area contributed by atoms with Crippen LogP contribution < -0.4 is 5.73 Å². The van der Waals surface area contributed by atoms with Gasteiger partial charge in [0.2, 0.25) is 0 Å². The SMILES string of the molecule is Cc1nccc(C(N)CC2CCCCC2)n1. The summed E-state index contributed by atoms with van der Waals surface area (Å²) in [4.78, 5) is 8.50. The van der Waals surface area contributed by atoms with Crippen LogP contribution in [0.3, 0.4) is 0 Å². The minimum atomic E-state index is 0.0878. The molecule has 0 bridgehead atoms. The van der Waals surface area contributed by atoms with Gasteiger partial charge < -0.3 is 5.73 Å². The minimum Gasteiger partial charge on any atom is -0.323 e. The molecule has 88 valence electrons. The maximum atomic E-state index is 6.20. The second-order valence-electron chi connectivity index (χ2n) is 4.87. The summed E-state index contributed by atoms with van der Waals surface area (Å²) in [5.74, 6) is 1.62. The van der Waals surface area contributed by atoms with Crippen molar-refractivity contribution in [3.63, 3.8) is 0 Å². The molecular weight excluding hydrogens is 198 g/mol. The molecule has 1 atom stereocenters. The van der Waals surface area contributed by atoms with E-state index >= 15 is 0 Å². The summed E-state index contributed by atoms with van der Waals surface area (Å²) in [7, 11) is 0. The Kier molecular flexibility index (Phi) is 3.88. The minimum absolute atomic E-state index is 0.0878. The van der Waals surface area contributed by atoms with Crippen molar-refractivity contribution in [1.82, 2.24) is 9.97 Å². The molecule has 3 nitrogen and oxygen atoms in total. The number of nitrogens with two attached hydrogens (primary N) is 1. The highest BCUT2D eigenvalue weighted by Gasteiger charge is 2.18. The van der Waals surface area contributed by atoms with Crippen molar-refractivity contribution < 1.29 is 0 Å². The van der Waals surface area contributed by atoms with E-state index in [2.05, 4.69) is 9.97 Å². The first-order valence-corrected chi connectivity index (χ1v) is 6.31. The Morgan fingerprint density at radius 3 is 2.81 bits per heavy atom. The number of hydrogen-bond acceptors (Lipinski definition) is 3. The summed E-state index contributed by atoms with van der Waals surface area (Å²) in [6.45, 7) is 1.91. The first kappa shape index (κ1) is 11.5. The fourth-order valence-corrected chi connectivity index (χ4v) is 2.58. The van der Waals surface area contributed by atoms with Crippen LogP contribution in [0.5, 0.6) is 0 Å². The third kappa shape index (κ3) is 3.01. The lowest BCUT2D eigenvalue weighted by molar-refractivity contribution is 0.317. The van der Waals surface area contributed by atoms with E-state index in [1.807, 2.05) is 13.0 Å². The molecule has 1 aromatic rings. The van der Waals surface area contributed by atoms with Gasteiger partial charge in [-0.3, -0.25) is 0 Å². The zero-order valence-corrected chi connectivity index (χ0v) is 10.0. The normalized spacial score (nSPS) is 19.6. The van der Waals surface area contributed by atoms with Crippen molar-refractivity contribution in [3.05, 3.63) is 23.8 Å². The Labute approximate surface area is 97.5 Å². The molecule has 3 heteroatoms. The van der Waals surface area contributed by atoms with Gasteiger partial charge in [-0.25, -0.2) is 9.97 Å². The Morgan fingerprint density at radius 2 is 2.12 bits per heavy atom. The van der Waals surface area contributed by atoms with Crippen LogP contribution in [-0.4, -0.2) is 9.97 Å². The molecule has 1 aliphatic carbocycles. The standard InChI is InChI=1S/C13H21N3/c1-10-15-8-7-13(16-10)12(14)9-11-5-3-2-4-6-11/h7-8,11-12H,2-6,9,14H2,1H3. The summed E-state index contributed by atoms with van der Waals surface area (Å²) in [6, 6.07) is 2.03. The molecule has 1 aliphatic rings. The van der Waals surface area contributed by atoms with E-state index in [4.69, 9.17) is 5.73 Å². The lowest BCUT2D eigenvalue weighted by atomic mass is 9.84. The quantitative estimate of drug-likeness (QED) is 0.850. The van der Waals surface area contributed by atoms with E-state index in [1.54, 1.807) is 6.20 Å². The topological polar surface area (TPSA) is 51.8 Å². The fourth-order valence-electron chi connectivity index (χ4n) is 2.58. The molecule has 2 N–H and O–H groups in total. The second-order valence-corrected chi connectivity index (χ2v) is 4.87. The molecule has 1 saturated carbocycles. The Balaban J connectivity index is 1.94. The second kappa shape index (κ2) is 5.39. The van der Waals surface area contributed by atoms with Gasteiger partial charge >= 0.3 is 0 Å². The maximum Gasteiger partial charge on any atom is 0.125 e. The van der Waals surface area contributed by atoms with Crippen LogP contribution in [0.4, 0.5) is 0 Å². The fraction of sp³-hybridized carbons (Fsp3) is 0.692. The van der Waals surface area contributed by atoms with Crippen LogP contribution in [0.25, 0.3) is 0 Å². The molecule has 16 heavy (non-hydrogen) atoms. The summed E-state index contributed by atoms with van der Waals surface area (Å²) >= 11 is 0. The van der Waals surface area contributed by atoms with Crippen LogP contribution in [0.1, 0.15) is 56.1 Å². The zero-order chi connectivity index (χ0) is 11.4. The van der Waals surface area contributed by atoms with Crippen molar-refractivity contribution in [1.29, 1.82) is 0 Å². The Hall–Kier alpha value is -0.960. The van der Waals surface area contributed by atoms with Gasteiger partial charge in [-0.1, -0.05) is 32.1 Å². The largest absolute Gasteiger partial charge is 0.323 e. The molecule has 1 heterocycles. The van der Waals surface area contributed by atoms with Gasteiger partial charge in [-0.2, -0.15) is 0 Å². The van der Waals surface area contributed by atoms with Crippen molar-refractivity contribution in [2.24, 2.45) is 11.7 Å². The lowest BCUT2D eigenvalue weighted by Crippen LogP contribution is -2.18. The van der Waals surface area contributed by atoms with Gasteiger partial charge in [0.25, 0.3) is 0 Å². The van der Waals surface area contributed by atoms with E-state index in [0.717, 1.165) is 23.9 Å². The summed E-state index contributed by atoms with van der Waals surface area (Å²) in [5, 5.41) is 0. The van der Waals surface area contributed by atoms with E-state index in [1.165, 1.54) is 32.1 Å². The highest BCUT2D eigenvalue weighted by molar-refractivity contribution is 5.06. The van der Waals surface area contributed by atoms with Gasteiger partial charge in [0.1, 0.15) is 5.82 Å². The average molecular weight is 219 g/mol. The Bertz CT molecular complexity index is 332. The van der Waals surface area contributed by atoms with E-state index in [-0.39, 0.29) is 6.04 Å². The third-order valence-electron chi connectivity index (χ3n) is 3.49. The van der Waals surface area contributed by atoms with Gasteiger partial charge in [-0.15, -0.1) is 0 Å². The van der Waals surface area contributed by atoms with E-state index < -0.39 is 0 Å². The van der Waals surface area contributed by atoms with Crippen molar-refractivity contribution in [2.45, 2.75) is 51.5 Å². The molecule has 1 unspecified atom stereocenters. The highest BCUT2D eigenvalue weighted by Crippen LogP contribution is 2.30. The molecule has 1 fully saturated rings. The Morgan fingerprint density at radius 1 is 1.38 bits per heavy atom. The lowest BCUT2D eigenvalue weighted by Gasteiger charge is -2.24. The van der Waals surface area contributed by atoms with Crippen molar-refractivity contribution >= 4 is 0 Å². The molecule has 0 aliphatic heterocycles. The monoisotopic (exact) mass is 219 g/mol. The first-order chi connectivity index (χ1) is 7.75. The summed E-state index contributed by atoms with van der Waals surface area (Å²) < 4.78 is 0. The van der Waals surface area contributed by atoms with Crippen LogP contribution in [0.2, 0.25) is 0 Å². The van der Waals surface area contributed by atoms with E-state index in [9.17, 15) is 0 Å². The molecule has 0 aromatic carbocycles. The van der Waals surface area contributed by atoms with Crippen molar-refractivity contribution in [3.8, 4) is 0 Å². The van der Waals surface area contributed by atoms with Crippen LogP contribution >= 0.6 is 0 Å². The van der Waals surface area contributed by atoms with Gasteiger partial charge in [0.05, 0.1) is 5.69 Å².